The minimum Gasteiger partial charge on any atom is -0.507 e. The van der Waals surface area contributed by atoms with Crippen molar-refractivity contribution >= 4 is 44.1 Å². The Bertz CT molecular complexity index is 1560. The molecule has 0 spiro atoms. The van der Waals surface area contributed by atoms with Crippen molar-refractivity contribution in [3.8, 4) is 17.2 Å². The predicted molar refractivity (Wildman–Crippen MR) is 137 cm³/mol. The van der Waals surface area contributed by atoms with Gasteiger partial charge in [0.1, 0.15) is 17.3 Å². The summed E-state index contributed by atoms with van der Waals surface area (Å²) in [6.45, 7) is 2.02. The van der Waals surface area contributed by atoms with E-state index in [1.54, 1.807) is 25.1 Å². The Kier molecular flexibility index (Phi) is 6.26. The summed E-state index contributed by atoms with van der Waals surface area (Å²) in [6.07, 6.45) is 0. The first-order valence-corrected chi connectivity index (χ1v) is 12.1. The summed E-state index contributed by atoms with van der Waals surface area (Å²) in [4.78, 5) is 32.5. The van der Waals surface area contributed by atoms with Crippen molar-refractivity contribution < 1.29 is 33.7 Å². The van der Waals surface area contributed by atoms with Crippen LogP contribution >= 0.6 is 11.3 Å². The van der Waals surface area contributed by atoms with Crippen molar-refractivity contribution in [2.75, 3.05) is 18.6 Å². The lowest BCUT2D eigenvalue weighted by atomic mass is 9.95. The number of methoxy groups -OCH3 is 1. The zero-order valence-corrected chi connectivity index (χ0v) is 20.6. The number of benzene rings is 3. The maximum Gasteiger partial charge on any atom is 0.301 e. The fraction of sp³-hybridized carbons (Fsp3) is 0.148. The van der Waals surface area contributed by atoms with Gasteiger partial charge in [-0.05, 0) is 67.1 Å². The molecule has 4 aromatic rings. The standard InChI is InChI=1S/C27H21FN2O6S/c1-3-36-20-12-15(6-11-19(20)31)23-22(24(32)14-4-7-16(28)8-5-14)25(33)26(34)30(23)27-29-18-10-9-17(35-2)13-21(18)37-27/h4-13,23,31-32H,3H2,1-2H3/b24-22+. The van der Waals surface area contributed by atoms with E-state index >= 15 is 0 Å². The first-order chi connectivity index (χ1) is 17.8. The molecule has 0 aliphatic carbocycles. The Morgan fingerprint density at radius 1 is 1.11 bits per heavy atom. The van der Waals surface area contributed by atoms with Crippen molar-refractivity contribution in [1.82, 2.24) is 4.98 Å². The highest BCUT2D eigenvalue weighted by atomic mass is 32.1. The highest BCUT2D eigenvalue weighted by Crippen LogP contribution is 2.46. The van der Waals surface area contributed by atoms with E-state index in [2.05, 4.69) is 4.98 Å². The average molecular weight is 521 g/mol. The van der Waals surface area contributed by atoms with Gasteiger partial charge in [-0.15, -0.1) is 0 Å². The molecule has 1 saturated heterocycles. The van der Waals surface area contributed by atoms with Crippen molar-refractivity contribution in [3.63, 3.8) is 0 Å². The van der Waals surface area contributed by atoms with Crippen LogP contribution in [-0.4, -0.2) is 40.6 Å². The van der Waals surface area contributed by atoms with E-state index in [1.807, 2.05) is 0 Å². The van der Waals surface area contributed by atoms with E-state index < -0.39 is 29.3 Å². The second-order valence-corrected chi connectivity index (χ2v) is 9.18. The smallest absolute Gasteiger partial charge is 0.301 e. The summed E-state index contributed by atoms with van der Waals surface area (Å²) in [5.74, 6) is -2.13. The van der Waals surface area contributed by atoms with E-state index in [4.69, 9.17) is 9.47 Å². The highest BCUT2D eigenvalue weighted by Gasteiger charge is 2.48. The van der Waals surface area contributed by atoms with E-state index in [-0.39, 0.29) is 34.4 Å². The molecule has 8 nitrogen and oxygen atoms in total. The van der Waals surface area contributed by atoms with Gasteiger partial charge in [-0.25, -0.2) is 9.37 Å². The molecule has 1 aliphatic rings. The number of rotatable bonds is 6. The number of Topliss-reactive ketones (excluding diaryl/α,β-unsaturated/α-hetero) is 1. The van der Waals surface area contributed by atoms with Gasteiger partial charge in [0.05, 0.1) is 35.5 Å². The number of ketones is 1. The predicted octanol–water partition coefficient (Wildman–Crippen LogP) is 5.17. The molecule has 0 bridgehead atoms. The number of hydrogen-bond acceptors (Lipinski definition) is 8. The number of phenolic OH excluding ortho intramolecular Hbond substituents is 1. The summed E-state index contributed by atoms with van der Waals surface area (Å²) in [7, 11) is 1.54. The summed E-state index contributed by atoms with van der Waals surface area (Å²) < 4.78 is 25.0. The Hall–Kier alpha value is -4.44. The molecule has 188 valence electrons. The molecule has 1 aromatic heterocycles. The third-order valence-electron chi connectivity index (χ3n) is 5.95. The molecule has 2 heterocycles. The van der Waals surface area contributed by atoms with E-state index in [0.29, 0.717) is 16.8 Å². The average Bonchev–Trinajstić information content (AvgIpc) is 3.43. The van der Waals surface area contributed by atoms with Crippen LogP contribution in [0.25, 0.3) is 16.0 Å². The number of carbonyl (C=O) groups excluding carboxylic acids is 2. The number of halogens is 1. The molecule has 10 heteroatoms. The molecule has 37 heavy (non-hydrogen) atoms. The minimum absolute atomic E-state index is 0.117. The molecule has 5 rings (SSSR count). The number of thiazole rings is 1. The number of amides is 1. The number of hydrogen-bond donors (Lipinski definition) is 2. The maximum atomic E-state index is 13.5. The van der Waals surface area contributed by atoms with Gasteiger partial charge in [0.25, 0.3) is 5.78 Å². The molecule has 1 atom stereocenters. The van der Waals surface area contributed by atoms with Crippen LogP contribution in [-0.2, 0) is 9.59 Å². The third-order valence-corrected chi connectivity index (χ3v) is 6.97. The SMILES string of the molecule is CCOc1cc(C2/C(=C(\O)c3ccc(F)cc3)C(=O)C(=O)N2c2nc3ccc(OC)cc3s2)ccc1O. The topological polar surface area (TPSA) is 109 Å². The number of aromatic hydroxyl groups is 1. The molecule has 1 aliphatic heterocycles. The lowest BCUT2D eigenvalue weighted by Gasteiger charge is -2.23. The van der Waals surface area contributed by atoms with Gasteiger partial charge >= 0.3 is 5.91 Å². The summed E-state index contributed by atoms with van der Waals surface area (Å²) >= 11 is 1.18. The normalized spacial score (nSPS) is 16.9. The van der Waals surface area contributed by atoms with Crippen molar-refractivity contribution in [1.29, 1.82) is 0 Å². The van der Waals surface area contributed by atoms with Crippen molar-refractivity contribution in [3.05, 3.63) is 83.2 Å². The van der Waals surface area contributed by atoms with Gasteiger partial charge in [0.2, 0.25) is 0 Å². The minimum atomic E-state index is -1.09. The van der Waals surface area contributed by atoms with Crippen LogP contribution in [0.5, 0.6) is 17.2 Å². The first kappa shape index (κ1) is 24.3. The number of nitrogens with zero attached hydrogens (tertiary/aromatic N) is 2. The summed E-state index contributed by atoms with van der Waals surface area (Å²) in [6, 6.07) is 13.5. The Morgan fingerprint density at radius 3 is 2.57 bits per heavy atom. The van der Waals surface area contributed by atoms with Crippen LogP contribution in [0.2, 0.25) is 0 Å². The van der Waals surface area contributed by atoms with Gasteiger partial charge < -0.3 is 19.7 Å². The summed E-state index contributed by atoms with van der Waals surface area (Å²) in [5.41, 5.74) is 0.977. The molecule has 1 unspecified atom stereocenters. The van der Waals surface area contributed by atoms with Crippen molar-refractivity contribution in [2.24, 2.45) is 0 Å². The van der Waals surface area contributed by atoms with Gasteiger partial charge in [-0.3, -0.25) is 14.5 Å². The van der Waals surface area contributed by atoms with E-state index in [1.165, 1.54) is 53.7 Å². The lowest BCUT2D eigenvalue weighted by molar-refractivity contribution is -0.132. The van der Waals surface area contributed by atoms with Crippen LogP contribution in [0.4, 0.5) is 9.52 Å². The molecule has 1 amide bonds. The molecular formula is C27H21FN2O6S. The zero-order valence-electron chi connectivity index (χ0n) is 19.8. The number of fused-ring (bicyclic) bond motifs is 1. The molecule has 0 saturated carbocycles. The van der Waals surface area contributed by atoms with Gasteiger partial charge in [0, 0.05) is 5.56 Å². The van der Waals surface area contributed by atoms with Crippen LogP contribution in [0, 0.1) is 5.82 Å². The largest absolute Gasteiger partial charge is 0.507 e. The monoisotopic (exact) mass is 520 g/mol. The van der Waals surface area contributed by atoms with Crippen molar-refractivity contribution in [2.45, 2.75) is 13.0 Å². The fourth-order valence-corrected chi connectivity index (χ4v) is 5.22. The van der Waals surface area contributed by atoms with Crippen LogP contribution in [0.1, 0.15) is 24.1 Å². The number of phenols is 1. The molecule has 2 N–H and O–H groups in total. The van der Waals surface area contributed by atoms with Crippen LogP contribution in [0.15, 0.2) is 66.2 Å². The molecular weight excluding hydrogens is 499 g/mol. The second-order valence-electron chi connectivity index (χ2n) is 8.17. The van der Waals surface area contributed by atoms with E-state index in [9.17, 15) is 24.2 Å². The number of aliphatic hydroxyl groups is 1. The number of ether oxygens (including phenoxy) is 2. The highest BCUT2D eigenvalue weighted by molar-refractivity contribution is 7.22. The first-order valence-electron chi connectivity index (χ1n) is 11.3. The number of anilines is 1. The number of aromatic nitrogens is 1. The zero-order chi connectivity index (χ0) is 26.3. The molecule has 0 radical (unpaired) electrons. The van der Waals surface area contributed by atoms with Gasteiger partial charge in [-0.2, -0.15) is 0 Å². The van der Waals surface area contributed by atoms with Gasteiger partial charge in [-0.1, -0.05) is 17.4 Å². The Labute approximate surface area is 214 Å². The van der Waals surface area contributed by atoms with Gasteiger partial charge in [0.15, 0.2) is 16.6 Å². The van der Waals surface area contributed by atoms with E-state index in [0.717, 1.165) is 16.8 Å². The fourth-order valence-electron chi connectivity index (χ4n) is 4.20. The van der Waals surface area contributed by atoms with Crippen LogP contribution < -0.4 is 14.4 Å². The quantitative estimate of drug-likeness (QED) is 0.205. The summed E-state index contributed by atoms with van der Waals surface area (Å²) in [5, 5.41) is 21.6. The lowest BCUT2D eigenvalue weighted by Crippen LogP contribution is -2.29. The van der Waals surface area contributed by atoms with Crippen LogP contribution in [0.3, 0.4) is 0 Å². The molecule has 1 fully saturated rings. The Morgan fingerprint density at radius 2 is 1.86 bits per heavy atom. The molecule has 3 aromatic carbocycles. The number of carbonyl (C=O) groups is 2. The second kappa shape index (κ2) is 9.55. The third kappa shape index (κ3) is 4.25. The Balaban J connectivity index is 1.73. The number of aliphatic hydroxyl groups excluding tert-OH is 1. The maximum absolute atomic E-state index is 13.5.